The number of hydrogen-bond donors (Lipinski definition) is 1. The lowest BCUT2D eigenvalue weighted by molar-refractivity contribution is 0.238. The monoisotopic (exact) mass is 541 g/mol. The van der Waals surface area contributed by atoms with Crippen LogP contribution >= 0.6 is 23.2 Å². The van der Waals surface area contributed by atoms with Gasteiger partial charge in [0.2, 0.25) is 10.0 Å². The van der Waals surface area contributed by atoms with Crippen LogP contribution in [0.2, 0.25) is 10.0 Å². The van der Waals surface area contributed by atoms with E-state index in [1.165, 1.54) is 0 Å². The molecular weight excluding hydrogens is 519 g/mol. The van der Waals surface area contributed by atoms with Crippen molar-refractivity contribution in [3.05, 3.63) is 82.1 Å². The van der Waals surface area contributed by atoms with Crippen molar-refractivity contribution in [2.75, 3.05) is 18.2 Å². The molecule has 2 aliphatic rings. The molecule has 1 aliphatic carbocycles. The van der Waals surface area contributed by atoms with E-state index in [4.69, 9.17) is 27.9 Å². The maximum atomic E-state index is 14.0. The summed E-state index contributed by atoms with van der Waals surface area (Å²) in [6, 6.07) is 7.19. The van der Waals surface area contributed by atoms with Gasteiger partial charge in [-0.1, -0.05) is 29.3 Å². The molecule has 0 radical (unpaired) electrons. The molecule has 2 aromatic carbocycles. The number of sulfonamides is 1. The zero-order valence-corrected chi connectivity index (χ0v) is 21.0. The highest BCUT2D eigenvalue weighted by Crippen LogP contribution is 2.37. The molecule has 2 atom stereocenters. The largest absolute Gasteiger partial charge is 0.494 e. The van der Waals surface area contributed by atoms with E-state index in [1.807, 2.05) is 25.2 Å². The van der Waals surface area contributed by atoms with E-state index in [0.717, 1.165) is 17.9 Å². The van der Waals surface area contributed by atoms with Gasteiger partial charge < -0.3 is 4.74 Å². The number of halogens is 4. The van der Waals surface area contributed by atoms with E-state index in [0.29, 0.717) is 47.0 Å². The first-order chi connectivity index (χ1) is 16.7. The topological polar surface area (TPSA) is 71.0 Å². The van der Waals surface area contributed by atoms with Crippen LogP contribution < -0.4 is 9.73 Å². The molecule has 0 saturated carbocycles. The van der Waals surface area contributed by atoms with Crippen molar-refractivity contribution in [2.45, 2.75) is 30.7 Å². The second-order valence-corrected chi connectivity index (χ2v) is 10.7. The number of allylic oxidation sites excluding steroid dienone is 2. The van der Waals surface area contributed by atoms with Crippen molar-refractivity contribution in [2.24, 2.45) is 11.0 Å². The maximum Gasteiger partial charge on any atom is 0.243 e. The molecule has 2 aromatic rings. The van der Waals surface area contributed by atoms with Gasteiger partial charge in [-0.2, -0.15) is 5.10 Å². The van der Waals surface area contributed by atoms with Crippen LogP contribution in [0.25, 0.3) is 0 Å². The molecule has 186 valence electrons. The summed E-state index contributed by atoms with van der Waals surface area (Å²) in [5.41, 5.74) is 1.15. The summed E-state index contributed by atoms with van der Waals surface area (Å²) in [6.07, 6.45) is 7.08. The summed E-state index contributed by atoms with van der Waals surface area (Å²) in [6.45, 7) is 2.31. The summed E-state index contributed by atoms with van der Waals surface area (Å²) in [5, 5.41) is 7.28. The zero-order valence-electron chi connectivity index (χ0n) is 18.7. The highest BCUT2D eigenvalue weighted by molar-refractivity contribution is 7.89. The number of hydrazone groups is 1. The van der Waals surface area contributed by atoms with Crippen LogP contribution in [0.5, 0.6) is 0 Å². The Morgan fingerprint density at radius 2 is 2.00 bits per heavy atom. The van der Waals surface area contributed by atoms with Gasteiger partial charge in [0.05, 0.1) is 35.6 Å². The fourth-order valence-electron chi connectivity index (χ4n) is 4.05. The number of rotatable bonds is 8. The lowest BCUT2D eigenvalue weighted by atomic mass is 9.89. The molecule has 0 fully saturated rings. The highest BCUT2D eigenvalue weighted by atomic mass is 35.5. The number of nitrogens with one attached hydrogen (secondary N) is 1. The fourth-order valence-corrected chi connectivity index (χ4v) is 5.65. The molecule has 11 heteroatoms. The fraction of sp³-hybridized carbons (Fsp3) is 0.292. The van der Waals surface area contributed by atoms with Gasteiger partial charge in [-0.15, -0.1) is 0 Å². The minimum absolute atomic E-state index is 0.0458. The van der Waals surface area contributed by atoms with Crippen LogP contribution in [0.4, 0.5) is 14.5 Å². The van der Waals surface area contributed by atoms with Crippen LogP contribution in [0.1, 0.15) is 19.8 Å². The van der Waals surface area contributed by atoms with Gasteiger partial charge in [-0.25, -0.2) is 21.9 Å². The minimum atomic E-state index is -4.30. The van der Waals surface area contributed by atoms with E-state index in [2.05, 4.69) is 9.82 Å². The third-order valence-electron chi connectivity index (χ3n) is 5.72. The second-order valence-electron chi connectivity index (χ2n) is 8.08. The van der Waals surface area contributed by atoms with E-state index < -0.39 is 26.6 Å². The minimum Gasteiger partial charge on any atom is -0.494 e. The number of benzene rings is 2. The summed E-state index contributed by atoms with van der Waals surface area (Å²) in [7, 11) is -4.30. The van der Waals surface area contributed by atoms with Crippen molar-refractivity contribution < 1.29 is 21.9 Å². The van der Waals surface area contributed by atoms with Gasteiger partial charge in [0.25, 0.3) is 0 Å². The van der Waals surface area contributed by atoms with Gasteiger partial charge in [0.1, 0.15) is 22.3 Å². The molecule has 0 bridgehead atoms. The second kappa shape index (κ2) is 10.7. The molecule has 6 nitrogen and oxygen atoms in total. The Morgan fingerprint density at radius 1 is 1.20 bits per heavy atom. The number of anilines is 1. The van der Waals surface area contributed by atoms with E-state index in [-0.39, 0.29) is 18.5 Å². The molecule has 0 aromatic heterocycles. The third-order valence-corrected chi connectivity index (χ3v) is 7.67. The average molecular weight is 542 g/mol. The Morgan fingerprint density at radius 3 is 2.69 bits per heavy atom. The first-order valence-electron chi connectivity index (χ1n) is 10.9. The Labute approximate surface area is 212 Å². The predicted octanol–water partition coefficient (Wildman–Crippen LogP) is 5.68. The maximum absolute atomic E-state index is 14.0. The lowest BCUT2D eigenvalue weighted by Crippen LogP contribution is -2.34. The smallest absolute Gasteiger partial charge is 0.243 e. The summed E-state index contributed by atoms with van der Waals surface area (Å²) < 4.78 is 60.7. The van der Waals surface area contributed by atoms with Gasteiger partial charge in [-0.05, 0) is 61.9 Å². The van der Waals surface area contributed by atoms with Crippen molar-refractivity contribution in [3.63, 3.8) is 0 Å². The summed E-state index contributed by atoms with van der Waals surface area (Å²) >= 11 is 12.5. The van der Waals surface area contributed by atoms with Crippen molar-refractivity contribution >= 4 is 44.6 Å². The quantitative estimate of drug-likeness (QED) is 0.466. The van der Waals surface area contributed by atoms with Crippen molar-refractivity contribution in [3.8, 4) is 0 Å². The molecule has 1 heterocycles. The SMILES string of the molecule is CCOC1=CCC([C@@H]2CC(CNS(=O)(=O)c3cc(F)ccc3F)=NN2c2ccc(Cl)cc2Cl)C=C1. The van der Waals surface area contributed by atoms with E-state index >= 15 is 0 Å². The Bertz CT molecular complexity index is 1320. The summed E-state index contributed by atoms with van der Waals surface area (Å²) in [5.74, 6) is -1.05. The lowest BCUT2D eigenvalue weighted by Gasteiger charge is -2.30. The first kappa shape index (κ1) is 25.6. The predicted molar refractivity (Wildman–Crippen MR) is 133 cm³/mol. The Hall–Kier alpha value is -2.46. The standard InChI is InChI=1S/C24H23Cl2F2N3O3S/c1-2-34-19-7-3-15(4-8-19)23-13-18(30-31(23)22-10-5-16(25)11-20(22)26)14-29-35(32,33)24-12-17(27)6-9-21(24)28/h3,5-12,15,23,29H,2,4,13-14H2,1H3/t15?,23-/m0/s1. The molecule has 0 amide bonds. The molecule has 1 N–H and O–H groups in total. The van der Waals surface area contributed by atoms with Gasteiger partial charge >= 0.3 is 0 Å². The molecule has 0 spiro atoms. The Balaban J connectivity index is 1.57. The molecule has 35 heavy (non-hydrogen) atoms. The molecule has 4 rings (SSSR count). The van der Waals surface area contributed by atoms with Gasteiger partial charge in [-0.3, -0.25) is 5.01 Å². The normalized spacial score (nSPS) is 20.1. The first-order valence-corrected chi connectivity index (χ1v) is 13.2. The highest BCUT2D eigenvalue weighted by Gasteiger charge is 2.35. The van der Waals surface area contributed by atoms with E-state index in [9.17, 15) is 17.2 Å². The zero-order chi connectivity index (χ0) is 25.2. The van der Waals surface area contributed by atoms with Gasteiger partial charge in [0, 0.05) is 17.4 Å². The molecule has 0 saturated heterocycles. The van der Waals surface area contributed by atoms with Crippen LogP contribution in [-0.2, 0) is 14.8 Å². The number of ether oxygens (including phenoxy) is 1. The van der Waals surface area contributed by atoms with Crippen LogP contribution in [0.15, 0.2) is 70.4 Å². The summed E-state index contributed by atoms with van der Waals surface area (Å²) in [4.78, 5) is -0.756. The molecule has 1 unspecified atom stereocenters. The number of nitrogens with zero attached hydrogens (tertiary/aromatic N) is 2. The molecule has 1 aliphatic heterocycles. The van der Waals surface area contributed by atoms with Crippen molar-refractivity contribution in [1.29, 1.82) is 0 Å². The van der Waals surface area contributed by atoms with Crippen LogP contribution in [0.3, 0.4) is 0 Å². The van der Waals surface area contributed by atoms with Crippen LogP contribution in [-0.4, -0.2) is 33.3 Å². The average Bonchev–Trinajstić information content (AvgIpc) is 3.24. The Kier molecular flexibility index (Phi) is 7.80. The van der Waals surface area contributed by atoms with Crippen molar-refractivity contribution in [1.82, 2.24) is 4.72 Å². The number of hydrogen-bond acceptors (Lipinski definition) is 5. The molecular formula is C24H23Cl2F2N3O3S. The van der Waals surface area contributed by atoms with Crippen LogP contribution in [0, 0.1) is 17.6 Å². The third kappa shape index (κ3) is 5.86. The van der Waals surface area contributed by atoms with E-state index in [1.54, 1.807) is 23.2 Å². The van der Waals surface area contributed by atoms with Gasteiger partial charge in [0.15, 0.2) is 0 Å².